The van der Waals surface area contributed by atoms with Gasteiger partial charge in [-0.1, -0.05) is 12.1 Å². The van der Waals surface area contributed by atoms with E-state index in [9.17, 15) is 4.79 Å². The number of ether oxygens (including phenoxy) is 3. The number of pyridine rings is 1. The van der Waals surface area contributed by atoms with Gasteiger partial charge in [-0.05, 0) is 74.7 Å². The van der Waals surface area contributed by atoms with Gasteiger partial charge < -0.3 is 24.8 Å². The Morgan fingerprint density at radius 3 is 2.17 bits per heavy atom. The number of hydrogen-bond acceptors (Lipinski definition) is 6. The summed E-state index contributed by atoms with van der Waals surface area (Å²) in [6.45, 7) is 8.33. The van der Waals surface area contributed by atoms with Gasteiger partial charge in [0, 0.05) is 35.0 Å². The van der Waals surface area contributed by atoms with Gasteiger partial charge >= 0.3 is 6.09 Å². The molecule has 1 aromatic heterocycles. The van der Waals surface area contributed by atoms with Crippen LogP contribution in [-0.2, 0) is 11.2 Å². The van der Waals surface area contributed by atoms with Gasteiger partial charge in [0.25, 0.3) is 0 Å². The van der Waals surface area contributed by atoms with E-state index in [0.717, 1.165) is 38.7 Å². The molecule has 0 fully saturated rings. The molecule has 0 radical (unpaired) electrons. The lowest BCUT2D eigenvalue weighted by atomic mass is 10.0. The summed E-state index contributed by atoms with van der Waals surface area (Å²) in [6, 6.07) is 16.4. The number of carbonyl (C=O) groups is 1. The normalized spacial score (nSPS) is 11.1. The number of carbonyl (C=O) groups excluding carboxylic acids is 1. The average molecular weight is 488 g/mol. The van der Waals surface area contributed by atoms with Gasteiger partial charge in [-0.15, -0.1) is 0 Å². The fourth-order valence-electron chi connectivity index (χ4n) is 4.10. The quantitative estimate of drug-likeness (QED) is 0.278. The highest BCUT2D eigenvalue weighted by Crippen LogP contribution is 2.39. The molecule has 0 saturated carbocycles. The van der Waals surface area contributed by atoms with E-state index in [-0.39, 0.29) is 6.04 Å². The molecular formula is C29H33N3O4. The van der Waals surface area contributed by atoms with Gasteiger partial charge in [-0.2, -0.15) is 0 Å². The van der Waals surface area contributed by atoms with Gasteiger partial charge in [-0.3, -0.25) is 0 Å². The maximum Gasteiger partial charge on any atom is 0.407 e. The van der Waals surface area contributed by atoms with Gasteiger partial charge in [0.15, 0.2) is 11.5 Å². The minimum Gasteiger partial charge on any atom is -0.493 e. The van der Waals surface area contributed by atoms with E-state index in [1.807, 2.05) is 50.2 Å². The minimum atomic E-state index is -0.391. The van der Waals surface area contributed by atoms with Crippen molar-refractivity contribution in [2.24, 2.45) is 0 Å². The summed E-state index contributed by atoms with van der Waals surface area (Å²) in [5, 5.41) is 8.32. The largest absolute Gasteiger partial charge is 0.493 e. The van der Waals surface area contributed by atoms with Crippen LogP contribution in [-0.4, -0.2) is 37.9 Å². The van der Waals surface area contributed by atoms with E-state index >= 15 is 0 Å². The summed E-state index contributed by atoms with van der Waals surface area (Å²) in [6.07, 6.45) is 0.250. The lowest BCUT2D eigenvalue weighted by Gasteiger charge is -2.17. The summed E-state index contributed by atoms with van der Waals surface area (Å²) in [7, 11) is 3.26. The van der Waals surface area contributed by atoms with Crippen molar-refractivity contribution in [3.8, 4) is 11.5 Å². The molecule has 4 rings (SSSR count). The fourth-order valence-corrected chi connectivity index (χ4v) is 4.10. The highest BCUT2D eigenvalue weighted by atomic mass is 16.5. The van der Waals surface area contributed by atoms with Crippen molar-refractivity contribution < 1.29 is 19.0 Å². The van der Waals surface area contributed by atoms with Crippen LogP contribution in [0, 0.1) is 13.8 Å². The first kappa shape index (κ1) is 25.1. The van der Waals surface area contributed by atoms with Crippen LogP contribution in [0.1, 0.15) is 30.5 Å². The molecule has 7 nitrogen and oxygen atoms in total. The van der Waals surface area contributed by atoms with E-state index in [1.54, 1.807) is 14.2 Å². The molecule has 0 saturated heterocycles. The number of benzene rings is 3. The lowest BCUT2D eigenvalue weighted by molar-refractivity contribution is 0.145. The first-order valence-corrected chi connectivity index (χ1v) is 12.0. The van der Waals surface area contributed by atoms with E-state index in [4.69, 9.17) is 19.2 Å². The van der Waals surface area contributed by atoms with E-state index in [1.165, 1.54) is 11.1 Å². The van der Waals surface area contributed by atoms with Gasteiger partial charge in [-0.25, -0.2) is 9.78 Å². The van der Waals surface area contributed by atoms with Gasteiger partial charge in [0.05, 0.1) is 37.5 Å². The highest BCUT2D eigenvalue weighted by Gasteiger charge is 2.15. The Morgan fingerprint density at radius 1 is 0.889 bits per heavy atom. The Balaban J connectivity index is 1.66. The first-order valence-electron chi connectivity index (χ1n) is 12.0. The van der Waals surface area contributed by atoms with Crippen LogP contribution in [0.2, 0.25) is 0 Å². The van der Waals surface area contributed by atoms with E-state index < -0.39 is 6.09 Å². The maximum atomic E-state index is 11.7. The zero-order valence-electron chi connectivity index (χ0n) is 21.7. The topological polar surface area (TPSA) is 81.7 Å². The third-order valence-corrected chi connectivity index (χ3v) is 6.15. The molecule has 0 bridgehead atoms. The second-order valence-corrected chi connectivity index (χ2v) is 9.17. The zero-order chi connectivity index (χ0) is 25.8. The number of nitrogens with zero attached hydrogens (tertiary/aromatic N) is 1. The fraction of sp³-hybridized carbons (Fsp3) is 0.310. The predicted octanol–water partition coefficient (Wildman–Crippen LogP) is 6.44. The summed E-state index contributed by atoms with van der Waals surface area (Å²) < 4.78 is 16.3. The Kier molecular flexibility index (Phi) is 7.48. The Morgan fingerprint density at radius 2 is 1.50 bits per heavy atom. The smallest absolute Gasteiger partial charge is 0.407 e. The number of nitrogens with one attached hydrogen (secondary N) is 2. The molecule has 0 spiro atoms. The molecule has 1 heterocycles. The molecule has 0 unspecified atom stereocenters. The lowest BCUT2D eigenvalue weighted by Crippen LogP contribution is -2.31. The number of amides is 1. The molecule has 4 aromatic rings. The summed E-state index contributed by atoms with van der Waals surface area (Å²) in [4.78, 5) is 16.6. The summed E-state index contributed by atoms with van der Waals surface area (Å²) in [5.74, 6) is 1.29. The molecule has 188 valence electrons. The van der Waals surface area contributed by atoms with Gasteiger partial charge in [0.2, 0.25) is 0 Å². The third kappa shape index (κ3) is 5.46. The number of anilines is 2. The van der Waals surface area contributed by atoms with Crippen molar-refractivity contribution in [2.45, 2.75) is 40.2 Å². The number of aryl methyl sites for hydroxylation is 2. The van der Waals surface area contributed by atoms with Crippen LogP contribution in [0.15, 0.2) is 48.5 Å². The Bertz CT molecular complexity index is 1400. The maximum absolute atomic E-state index is 11.7. The third-order valence-electron chi connectivity index (χ3n) is 6.15. The molecule has 36 heavy (non-hydrogen) atoms. The summed E-state index contributed by atoms with van der Waals surface area (Å²) in [5.41, 5.74) is 7.10. The van der Waals surface area contributed by atoms with E-state index in [2.05, 4.69) is 36.6 Å². The SMILES string of the molecule is COc1cc2nc3cc(C)c(C)cc3c(Nc3ccc(CCOC(=O)NC(C)C)cc3)c2cc1OC. The van der Waals surface area contributed by atoms with Crippen LogP contribution in [0.5, 0.6) is 11.5 Å². The van der Waals surface area contributed by atoms with Crippen molar-refractivity contribution in [3.05, 3.63) is 65.2 Å². The second kappa shape index (κ2) is 10.7. The van der Waals surface area contributed by atoms with Crippen molar-refractivity contribution in [3.63, 3.8) is 0 Å². The number of hydrogen-bond donors (Lipinski definition) is 2. The molecule has 0 atom stereocenters. The Labute approximate surface area is 211 Å². The first-order chi connectivity index (χ1) is 17.3. The molecule has 2 N–H and O–H groups in total. The van der Waals surface area contributed by atoms with Crippen molar-refractivity contribution in [1.82, 2.24) is 10.3 Å². The van der Waals surface area contributed by atoms with E-state index in [0.29, 0.717) is 24.5 Å². The highest BCUT2D eigenvalue weighted by molar-refractivity contribution is 6.09. The van der Waals surface area contributed by atoms with Crippen LogP contribution in [0.4, 0.5) is 16.2 Å². The van der Waals surface area contributed by atoms with Crippen molar-refractivity contribution in [2.75, 3.05) is 26.1 Å². The molecule has 0 aliphatic carbocycles. The number of aromatic nitrogens is 1. The van der Waals surface area contributed by atoms with Crippen molar-refractivity contribution >= 4 is 39.3 Å². The van der Waals surface area contributed by atoms with Crippen molar-refractivity contribution in [1.29, 1.82) is 0 Å². The number of methoxy groups -OCH3 is 2. The monoisotopic (exact) mass is 487 g/mol. The standard InChI is InChI=1S/C29H33N3O4/c1-17(2)30-29(33)36-12-11-20-7-9-21(10-8-20)31-28-22-13-18(3)19(4)14-24(22)32-25-16-27(35-6)26(34-5)15-23(25)28/h7-10,13-17H,11-12H2,1-6H3,(H,30,33)(H,31,32). The number of alkyl carbamates (subject to hydrolysis) is 1. The summed E-state index contributed by atoms with van der Waals surface area (Å²) >= 11 is 0. The van der Waals surface area contributed by atoms with Crippen LogP contribution < -0.4 is 20.1 Å². The predicted molar refractivity (Wildman–Crippen MR) is 145 cm³/mol. The average Bonchev–Trinajstić information content (AvgIpc) is 2.85. The Hall–Kier alpha value is -4.00. The molecule has 3 aromatic carbocycles. The molecule has 1 amide bonds. The van der Waals surface area contributed by atoms with Gasteiger partial charge in [0.1, 0.15) is 0 Å². The molecule has 0 aliphatic heterocycles. The van der Waals surface area contributed by atoms with Crippen LogP contribution in [0.25, 0.3) is 21.8 Å². The zero-order valence-corrected chi connectivity index (χ0v) is 21.7. The molecule has 7 heteroatoms. The second-order valence-electron chi connectivity index (χ2n) is 9.17. The van der Waals surface area contributed by atoms with Crippen LogP contribution in [0.3, 0.4) is 0 Å². The number of fused-ring (bicyclic) bond motifs is 2. The molecule has 0 aliphatic rings. The number of rotatable bonds is 8. The minimum absolute atomic E-state index is 0.0527. The van der Waals surface area contributed by atoms with Crippen LogP contribution >= 0.6 is 0 Å². The molecular weight excluding hydrogens is 454 g/mol.